The molecule has 0 radical (unpaired) electrons. The van der Waals surface area contributed by atoms with Crippen LogP contribution in [0.2, 0.25) is 0 Å². The molecule has 2 heterocycles. The van der Waals surface area contributed by atoms with E-state index in [9.17, 15) is 8.42 Å². The molecule has 2 atom stereocenters. The van der Waals surface area contributed by atoms with Crippen molar-refractivity contribution in [2.24, 2.45) is 5.92 Å². The van der Waals surface area contributed by atoms with E-state index in [1.54, 1.807) is 0 Å². The number of fused-ring (bicyclic) bond motifs is 1. The van der Waals surface area contributed by atoms with Crippen LogP contribution < -0.4 is 0 Å². The van der Waals surface area contributed by atoms with E-state index in [0.717, 1.165) is 32.1 Å². The van der Waals surface area contributed by atoms with Gasteiger partial charge in [-0.05, 0) is 49.3 Å². The van der Waals surface area contributed by atoms with Crippen molar-refractivity contribution in [2.75, 3.05) is 31.1 Å². The van der Waals surface area contributed by atoms with Gasteiger partial charge in [-0.25, -0.2) is 8.42 Å². The van der Waals surface area contributed by atoms with Crippen LogP contribution in [0.4, 0.5) is 0 Å². The van der Waals surface area contributed by atoms with E-state index in [2.05, 4.69) is 41.8 Å². The summed E-state index contributed by atoms with van der Waals surface area (Å²) in [6.07, 6.45) is 2.65. The van der Waals surface area contributed by atoms with Gasteiger partial charge in [-0.2, -0.15) is 0 Å². The lowest BCUT2D eigenvalue weighted by atomic mass is 10.0. The molecular formula is C19H28N2O2S. The molecule has 1 saturated carbocycles. The lowest BCUT2D eigenvalue weighted by Crippen LogP contribution is -2.59. The zero-order chi connectivity index (χ0) is 16.9. The van der Waals surface area contributed by atoms with Gasteiger partial charge in [0.05, 0.1) is 11.5 Å². The maximum atomic E-state index is 12.3. The van der Waals surface area contributed by atoms with Crippen molar-refractivity contribution >= 4 is 9.84 Å². The number of hydrogen-bond donors (Lipinski definition) is 0. The summed E-state index contributed by atoms with van der Waals surface area (Å²) in [7, 11) is -2.90. The van der Waals surface area contributed by atoms with Gasteiger partial charge in [0.25, 0.3) is 0 Å². The van der Waals surface area contributed by atoms with Crippen molar-refractivity contribution in [3.8, 4) is 0 Å². The maximum Gasteiger partial charge on any atom is 0.153 e. The molecule has 3 fully saturated rings. The van der Waals surface area contributed by atoms with Gasteiger partial charge in [-0.1, -0.05) is 18.2 Å². The first-order chi connectivity index (χ1) is 11.4. The van der Waals surface area contributed by atoms with Crippen LogP contribution in [-0.4, -0.2) is 61.4 Å². The molecule has 2 aliphatic heterocycles. The van der Waals surface area contributed by atoms with Crippen LogP contribution in [0.3, 0.4) is 0 Å². The Labute approximate surface area is 145 Å². The van der Waals surface area contributed by atoms with Crippen molar-refractivity contribution in [2.45, 2.75) is 45.3 Å². The highest BCUT2D eigenvalue weighted by molar-refractivity contribution is 7.91. The van der Waals surface area contributed by atoms with Crippen molar-refractivity contribution in [3.05, 3.63) is 34.9 Å². The zero-order valence-electron chi connectivity index (χ0n) is 14.7. The topological polar surface area (TPSA) is 40.6 Å². The second kappa shape index (κ2) is 6.11. The summed E-state index contributed by atoms with van der Waals surface area (Å²) in [6, 6.07) is 7.00. The van der Waals surface area contributed by atoms with E-state index in [1.807, 2.05) is 0 Å². The standard InChI is InChI=1S/C19H28N2O2S/c1-14-3-4-17(9-15(14)2)11-21-8-7-20(10-16-5-6-16)18-12-24(22,23)13-19(18)21/h3-4,9,16,18-19H,5-8,10-13H2,1-2H3/t18-,19+/m1/s1. The number of rotatable bonds is 4. The lowest BCUT2D eigenvalue weighted by Gasteiger charge is -2.44. The number of aryl methyl sites for hydroxylation is 2. The molecule has 1 aromatic rings. The van der Waals surface area contributed by atoms with Gasteiger partial charge in [0, 0.05) is 38.3 Å². The quantitative estimate of drug-likeness (QED) is 0.834. The van der Waals surface area contributed by atoms with Crippen molar-refractivity contribution in [1.29, 1.82) is 0 Å². The Bertz CT molecular complexity index is 727. The molecule has 0 amide bonds. The predicted octanol–water partition coefficient (Wildman–Crippen LogP) is 2.00. The van der Waals surface area contributed by atoms with E-state index in [4.69, 9.17) is 0 Å². The highest BCUT2D eigenvalue weighted by Crippen LogP contribution is 2.34. The fraction of sp³-hybridized carbons (Fsp3) is 0.684. The number of piperazine rings is 1. The van der Waals surface area contributed by atoms with Crippen molar-refractivity contribution in [3.63, 3.8) is 0 Å². The molecule has 132 valence electrons. The normalized spacial score (nSPS) is 30.4. The molecule has 0 N–H and O–H groups in total. The average molecular weight is 349 g/mol. The highest BCUT2D eigenvalue weighted by Gasteiger charge is 2.47. The number of sulfone groups is 1. The molecule has 0 bridgehead atoms. The third kappa shape index (κ3) is 3.39. The summed E-state index contributed by atoms with van der Waals surface area (Å²) in [5.41, 5.74) is 3.93. The zero-order valence-corrected chi connectivity index (χ0v) is 15.6. The van der Waals surface area contributed by atoms with E-state index in [1.165, 1.54) is 29.5 Å². The molecule has 24 heavy (non-hydrogen) atoms. The minimum atomic E-state index is -2.90. The molecule has 1 aromatic carbocycles. The van der Waals surface area contributed by atoms with E-state index < -0.39 is 9.84 Å². The van der Waals surface area contributed by atoms with Crippen LogP contribution in [0.5, 0.6) is 0 Å². The van der Waals surface area contributed by atoms with Crippen molar-refractivity contribution in [1.82, 2.24) is 9.80 Å². The van der Waals surface area contributed by atoms with Crippen LogP contribution in [0, 0.1) is 19.8 Å². The van der Waals surface area contributed by atoms with Gasteiger partial charge in [0.15, 0.2) is 9.84 Å². The Hall–Kier alpha value is -0.910. The largest absolute Gasteiger partial charge is 0.296 e. The van der Waals surface area contributed by atoms with E-state index in [-0.39, 0.29) is 12.1 Å². The summed E-state index contributed by atoms with van der Waals surface area (Å²) in [5.74, 6) is 1.51. The SMILES string of the molecule is Cc1ccc(CN2CCN(CC3CC3)[C@@H]3CS(=O)(=O)C[C@@H]32)cc1C. The van der Waals surface area contributed by atoms with Gasteiger partial charge in [0.1, 0.15) is 0 Å². The molecular weight excluding hydrogens is 320 g/mol. The fourth-order valence-corrected chi connectivity index (χ4v) is 6.33. The smallest absolute Gasteiger partial charge is 0.153 e. The summed E-state index contributed by atoms with van der Waals surface area (Å²) >= 11 is 0. The predicted molar refractivity (Wildman–Crippen MR) is 96.9 cm³/mol. The molecule has 0 spiro atoms. The first-order valence-electron chi connectivity index (χ1n) is 9.16. The molecule has 4 rings (SSSR count). The summed E-state index contributed by atoms with van der Waals surface area (Å²) in [5, 5.41) is 0. The maximum absolute atomic E-state index is 12.3. The number of benzene rings is 1. The number of hydrogen-bond acceptors (Lipinski definition) is 4. The Balaban J connectivity index is 1.52. The first-order valence-corrected chi connectivity index (χ1v) is 11.0. The summed E-state index contributed by atoms with van der Waals surface area (Å²) in [6.45, 7) is 8.25. The fourth-order valence-electron chi connectivity index (χ4n) is 4.29. The van der Waals surface area contributed by atoms with Gasteiger partial charge in [0.2, 0.25) is 0 Å². The Morgan fingerprint density at radius 2 is 1.67 bits per heavy atom. The molecule has 0 unspecified atom stereocenters. The van der Waals surface area contributed by atoms with E-state index in [0.29, 0.717) is 11.5 Å². The monoisotopic (exact) mass is 348 g/mol. The van der Waals surface area contributed by atoms with Gasteiger partial charge in [-0.15, -0.1) is 0 Å². The van der Waals surface area contributed by atoms with Gasteiger partial charge in [-0.3, -0.25) is 9.80 Å². The molecule has 2 saturated heterocycles. The van der Waals surface area contributed by atoms with Crippen LogP contribution >= 0.6 is 0 Å². The molecule has 1 aliphatic carbocycles. The minimum absolute atomic E-state index is 0.170. The lowest BCUT2D eigenvalue weighted by molar-refractivity contribution is 0.0376. The van der Waals surface area contributed by atoms with E-state index >= 15 is 0 Å². The van der Waals surface area contributed by atoms with Crippen LogP contribution in [0.1, 0.15) is 29.5 Å². The first kappa shape index (κ1) is 16.6. The Morgan fingerprint density at radius 3 is 2.33 bits per heavy atom. The average Bonchev–Trinajstić information content (AvgIpc) is 3.26. The third-order valence-electron chi connectivity index (χ3n) is 6.05. The third-order valence-corrected chi connectivity index (χ3v) is 7.75. The van der Waals surface area contributed by atoms with Crippen molar-refractivity contribution < 1.29 is 8.42 Å². The second-order valence-electron chi connectivity index (χ2n) is 8.04. The second-order valence-corrected chi connectivity index (χ2v) is 10.2. The Kier molecular flexibility index (Phi) is 4.22. The summed E-state index contributed by atoms with van der Waals surface area (Å²) in [4.78, 5) is 4.90. The van der Waals surface area contributed by atoms with Crippen LogP contribution in [-0.2, 0) is 16.4 Å². The van der Waals surface area contributed by atoms with Crippen LogP contribution in [0.25, 0.3) is 0 Å². The molecule has 0 aromatic heterocycles. The van der Waals surface area contributed by atoms with Crippen LogP contribution in [0.15, 0.2) is 18.2 Å². The summed E-state index contributed by atoms with van der Waals surface area (Å²) < 4.78 is 24.6. The molecule has 4 nitrogen and oxygen atoms in total. The molecule has 3 aliphatic rings. The molecule has 5 heteroatoms. The highest BCUT2D eigenvalue weighted by atomic mass is 32.2. The minimum Gasteiger partial charge on any atom is -0.296 e. The van der Waals surface area contributed by atoms with Gasteiger partial charge < -0.3 is 0 Å². The Morgan fingerprint density at radius 1 is 1.00 bits per heavy atom. The number of nitrogens with zero attached hydrogens (tertiary/aromatic N) is 2. The van der Waals surface area contributed by atoms with Gasteiger partial charge >= 0.3 is 0 Å².